The van der Waals surface area contributed by atoms with Crippen molar-refractivity contribution in [3.05, 3.63) is 47.3 Å². The Morgan fingerprint density at radius 2 is 2.12 bits per heavy atom. The van der Waals surface area contributed by atoms with Gasteiger partial charge < -0.3 is 9.88 Å². The molecule has 134 valence electrons. The maximum atomic E-state index is 13.1. The van der Waals surface area contributed by atoms with Crippen LogP contribution in [0.2, 0.25) is 0 Å². The van der Waals surface area contributed by atoms with E-state index < -0.39 is 17.9 Å². The van der Waals surface area contributed by atoms with Crippen LogP contribution >= 0.6 is 0 Å². The van der Waals surface area contributed by atoms with Crippen LogP contribution in [0.1, 0.15) is 23.6 Å². The number of carbonyl (C=O) groups excluding carboxylic acids is 1. The summed E-state index contributed by atoms with van der Waals surface area (Å²) in [6.07, 6.45) is -4.46. The van der Waals surface area contributed by atoms with Gasteiger partial charge in [-0.15, -0.1) is 10.2 Å². The number of carbonyl (C=O) groups is 1. The number of nitrogens with one attached hydrogen (secondary N) is 1. The lowest BCUT2D eigenvalue weighted by molar-refractivity contribution is -0.179. The van der Waals surface area contributed by atoms with E-state index in [2.05, 4.69) is 15.5 Å². The lowest BCUT2D eigenvalue weighted by atomic mass is 9.97. The highest BCUT2D eigenvalue weighted by Gasteiger charge is 2.42. The van der Waals surface area contributed by atoms with Gasteiger partial charge in [0.2, 0.25) is 5.91 Å². The molecule has 1 amide bonds. The Morgan fingerprint density at radius 1 is 1.32 bits per heavy atom. The maximum absolute atomic E-state index is 13.1. The molecule has 0 bridgehead atoms. The third kappa shape index (κ3) is 4.15. The van der Waals surface area contributed by atoms with Crippen LogP contribution in [-0.4, -0.2) is 26.8 Å². The van der Waals surface area contributed by atoms with Crippen LogP contribution in [0.25, 0.3) is 0 Å². The Balaban J connectivity index is 1.58. The van der Waals surface area contributed by atoms with Crippen LogP contribution in [0, 0.1) is 11.7 Å². The summed E-state index contributed by atoms with van der Waals surface area (Å²) in [7, 11) is 0. The zero-order chi connectivity index (χ0) is 18.0. The summed E-state index contributed by atoms with van der Waals surface area (Å²) < 4.78 is 53.1. The summed E-state index contributed by atoms with van der Waals surface area (Å²) in [6.45, 7) is 0.236. The number of halogens is 4. The minimum absolute atomic E-state index is 0.00883. The smallest absolute Gasteiger partial charge is 0.349 e. The van der Waals surface area contributed by atoms with Gasteiger partial charge >= 0.3 is 6.18 Å². The second-order valence-corrected chi connectivity index (χ2v) is 6.00. The molecule has 0 unspecified atom stereocenters. The first-order chi connectivity index (χ1) is 11.8. The van der Waals surface area contributed by atoms with E-state index in [4.69, 9.17) is 0 Å². The van der Waals surface area contributed by atoms with Crippen LogP contribution < -0.4 is 5.32 Å². The van der Waals surface area contributed by atoms with E-state index in [0.29, 0.717) is 11.4 Å². The van der Waals surface area contributed by atoms with Gasteiger partial charge in [-0.2, -0.15) is 13.2 Å². The highest BCUT2D eigenvalue weighted by atomic mass is 19.4. The monoisotopic (exact) mass is 356 g/mol. The Hall–Kier alpha value is -2.45. The minimum atomic E-state index is -4.24. The second kappa shape index (κ2) is 6.81. The third-order valence-corrected chi connectivity index (χ3v) is 4.19. The minimum Gasteiger partial charge on any atom is -0.349 e. The predicted molar refractivity (Wildman–Crippen MR) is 79.8 cm³/mol. The van der Waals surface area contributed by atoms with Gasteiger partial charge in [0.05, 0.1) is 18.9 Å². The van der Waals surface area contributed by atoms with E-state index in [0.717, 1.165) is 0 Å². The number of aromatic nitrogens is 3. The Morgan fingerprint density at radius 3 is 2.84 bits per heavy atom. The van der Waals surface area contributed by atoms with Crippen molar-refractivity contribution in [3.63, 3.8) is 0 Å². The number of hydrogen-bond acceptors (Lipinski definition) is 3. The second-order valence-electron chi connectivity index (χ2n) is 6.00. The van der Waals surface area contributed by atoms with E-state index in [-0.39, 0.29) is 44.1 Å². The van der Waals surface area contributed by atoms with Gasteiger partial charge in [-0.3, -0.25) is 4.79 Å². The number of amides is 1. The summed E-state index contributed by atoms with van der Waals surface area (Å²) in [6, 6.07) is 5.72. The molecule has 0 fully saturated rings. The Labute approximate surface area is 141 Å². The fourth-order valence-electron chi connectivity index (χ4n) is 2.87. The average molecular weight is 356 g/mol. The van der Waals surface area contributed by atoms with Gasteiger partial charge in [-0.25, -0.2) is 4.39 Å². The van der Waals surface area contributed by atoms with Crippen molar-refractivity contribution in [1.29, 1.82) is 0 Å². The molecule has 0 aliphatic carbocycles. The fraction of sp³-hybridized carbons (Fsp3) is 0.438. The van der Waals surface area contributed by atoms with Gasteiger partial charge in [-0.05, 0) is 24.1 Å². The van der Waals surface area contributed by atoms with Crippen LogP contribution in [0.3, 0.4) is 0 Å². The zero-order valence-corrected chi connectivity index (χ0v) is 13.2. The number of fused-ring (bicyclic) bond motifs is 1. The first kappa shape index (κ1) is 17.4. The highest BCUT2D eigenvalue weighted by molar-refractivity contribution is 5.78. The molecule has 0 saturated carbocycles. The van der Waals surface area contributed by atoms with Gasteiger partial charge in [-0.1, -0.05) is 12.1 Å². The lowest BCUT2D eigenvalue weighted by Gasteiger charge is -2.25. The number of benzene rings is 1. The molecule has 0 radical (unpaired) electrons. The summed E-state index contributed by atoms with van der Waals surface area (Å²) >= 11 is 0. The van der Waals surface area contributed by atoms with E-state index in [1.165, 1.54) is 18.2 Å². The van der Waals surface area contributed by atoms with E-state index in [1.54, 1.807) is 10.6 Å². The van der Waals surface area contributed by atoms with Crippen LogP contribution in [0.4, 0.5) is 17.6 Å². The van der Waals surface area contributed by atoms with Crippen molar-refractivity contribution in [3.8, 4) is 0 Å². The van der Waals surface area contributed by atoms with Crippen molar-refractivity contribution in [2.75, 3.05) is 0 Å². The van der Waals surface area contributed by atoms with E-state index >= 15 is 0 Å². The summed E-state index contributed by atoms with van der Waals surface area (Å²) in [5.74, 6) is -1.45. The Bertz CT molecular complexity index is 772. The van der Waals surface area contributed by atoms with Gasteiger partial charge in [0.25, 0.3) is 0 Å². The predicted octanol–water partition coefficient (Wildman–Crippen LogP) is 2.40. The molecule has 25 heavy (non-hydrogen) atoms. The molecular weight excluding hydrogens is 340 g/mol. The standard InChI is InChI=1S/C16H16F4N4O/c17-12-3-1-2-10(6-12)7-15(25)21-9-14-23-22-13-8-11(16(18,19)20)4-5-24(13)14/h1-3,6,11H,4-5,7-9H2,(H,21,25)/t11-/m0/s1. The highest BCUT2D eigenvalue weighted by Crippen LogP contribution is 2.34. The number of hydrogen-bond donors (Lipinski definition) is 1. The molecule has 3 rings (SSSR count). The fourth-order valence-corrected chi connectivity index (χ4v) is 2.87. The van der Waals surface area contributed by atoms with Crippen LogP contribution in [-0.2, 0) is 30.7 Å². The molecule has 1 aromatic carbocycles. The molecule has 5 nitrogen and oxygen atoms in total. The molecule has 1 N–H and O–H groups in total. The van der Waals surface area contributed by atoms with Crippen molar-refractivity contribution < 1.29 is 22.4 Å². The number of rotatable bonds is 4. The Kier molecular flexibility index (Phi) is 4.73. The van der Waals surface area contributed by atoms with E-state index in [1.807, 2.05) is 0 Å². The summed E-state index contributed by atoms with van der Waals surface area (Å²) in [5, 5.41) is 10.3. The molecule has 2 aromatic rings. The normalized spacial score (nSPS) is 17.2. The summed E-state index contributed by atoms with van der Waals surface area (Å²) in [5.41, 5.74) is 0.536. The van der Waals surface area contributed by atoms with Gasteiger partial charge in [0.1, 0.15) is 11.6 Å². The zero-order valence-electron chi connectivity index (χ0n) is 13.2. The topological polar surface area (TPSA) is 59.8 Å². The first-order valence-corrected chi connectivity index (χ1v) is 7.82. The van der Waals surface area contributed by atoms with Crippen LogP contribution in [0.15, 0.2) is 24.3 Å². The molecule has 1 aliphatic rings. The molecule has 9 heteroatoms. The SMILES string of the molecule is O=C(Cc1cccc(F)c1)NCc1nnc2n1CC[C@H](C(F)(F)F)C2. The summed E-state index contributed by atoms with van der Waals surface area (Å²) in [4.78, 5) is 11.9. The van der Waals surface area contributed by atoms with Crippen molar-refractivity contribution >= 4 is 5.91 Å². The van der Waals surface area contributed by atoms with Crippen molar-refractivity contribution in [2.45, 2.75) is 38.5 Å². The number of nitrogens with zero attached hydrogens (tertiary/aromatic N) is 3. The maximum Gasteiger partial charge on any atom is 0.392 e. The third-order valence-electron chi connectivity index (χ3n) is 4.19. The van der Waals surface area contributed by atoms with Crippen molar-refractivity contribution in [2.24, 2.45) is 5.92 Å². The number of alkyl halides is 3. The van der Waals surface area contributed by atoms with Gasteiger partial charge in [0, 0.05) is 13.0 Å². The quantitative estimate of drug-likeness (QED) is 0.856. The molecule has 1 atom stereocenters. The largest absolute Gasteiger partial charge is 0.392 e. The lowest BCUT2D eigenvalue weighted by Crippen LogP contribution is -2.32. The van der Waals surface area contributed by atoms with Gasteiger partial charge in [0.15, 0.2) is 5.82 Å². The molecule has 2 heterocycles. The van der Waals surface area contributed by atoms with Crippen molar-refractivity contribution in [1.82, 2.24) is 20.1 Å². The molecule has 1 aromatic heterocycles. The molecule has 0 spiro atoms. The molecule has 1 aliphatic heterocycles. The van der Waals surface area contributed by atoms with E-state index in [9.17, 15) is 22.4 Å². The first-order valence-electron chi connectivity index (χ1n) is 7.82. The molecular formula is C16H16F4N4O. The molecule has 0 saturated heterocycles. The van der Waals surface area contributed by atoms with Crippen LogP contribution in [0.5, 0.6) is 0 Å². The average Bonchev–Trinajstić information content (AvgIpc) is 2.94.